The number of ether oxygens (including phenoxy) is 1. The Morgan fingerprint density at radius 2 is 2.35 bits per heavy atom. The van der Waals surface area contributed by atoms with E-state index in [1.54, 1.807) is 14.2 Å². The van der Waals surface area contributed by atoms with Crippen LogP contribution in [0, 0.1) is 5.41 Å². The van der Waals surface area contributed by atoms with Crippen LogP contribution in [-0.4, -0.2) is 56.2 Å². The summed E-state index contributed by atoms with van der Waals surface area (Å²) in [6.45, 7) is 3.51. The lowest BCUT2D eigenvalue weighted by Crippen LogP contribution is -2.52. The molecule has 2 rings (SSSR count). The number of piperidine rings is 1. The molecule has 0 spiro atoms. The van der Waals surface area contributed by atoms with Gasteiger partial charge in [0.2, 0.25) is 5.91 Å². The fourth-order valence-electron chi connectivity index (χ4n) is 3.56. The van der Waals surface area contributed by atoms with Gasteiger partial charge >= 0.3 is 0 Å². The van der Waals surface area contributed by atoms with Crippen LogP contribution in [0.25, 0.3) is 0 Å². The van der Waals surface area contributed by atoms with Crippen molar-refractivity contribution in [3.8, 4) is 0 Å². The minimum Gasteiger partial charge on any atom is -0.383 e. The average molecular weight is 319 g/mol. The van der Waals surface area contributed by atoms with Gasteiger partial charge in [-0.1, -0.05) is 6.07 Å². The van der Waals surface area contributed by atoms with Crippen molar-refractivity contribution in [2.24, 2.45) is 5.41 Å². The van der Waals surface area contributed by atoms with Crippen molar-refractivity contribution in [1.82, 2.24) is 15.2 Å². The van der Waals surface area contributed by atoms with Crippen molar-refractivity contribution in [3.05, 3.63) is 30.1 Å². The molecule has 23 heavy (non-hydrogen) atoms. The van der Waals surface area contributed by atoms with Crippen LogP contribution < -0.4 is 5.32 Å². The first-order chi connectivity index (χ1) is 11.2. The van der Waals surface area contributed by atoms with E-state index in [9.17, 15) is 4.79 Å². The fraction of sp³-hybridized carbons (Fsp3) is 0.667. The normalized spacial score (nSPS) is 22.0. The van der Waals surface area contributed by atoms with E-state index in [-0.39, 0.29) is 11.3 Å². The summed E-state index contributed by atoms with van der Waals surface area (Å²) < 4.78 is 5.19. The number of nitrogens with zero attached hydrogens (tertiary/aromatic N) is 2. The van der Waals surface area contributed by atoms with E-state index in [0.29, 0.717) is 0 Å². The minimum atomic E-state index is -0.268. The number of rotatable bonds is 8. The summed E-state index contributed by atoms with van der Waals surface area (Å²) in [5.74, 6) is 0.181. The summed E-state index contributed by atoms with van der Waals surface area (Å²) in [5.41, 5.74) is 0.835. The van der Waals surface area contributed by atoms with Crippen molar-refractivity contribution in [1.29, 1.82) is 0 Å². The lowest BCUT2D eigenvalue weighted by atomic mass is 9.75. The number of hydrogen-bond acceptors (Lipinski definition) is 4. The molecule has 1 aliphatic heterocycles. The van der Waals surface area contributed by atoms with Crippen LogP contribution in [0.5, 0.6) is 0 Å². The van der Waals surface area contributed by atoms with Gasteiger partial charge in [0.25, 0.3) is 0 Å². The molecule has 0 aromatic carbocycles. The number of aryl methyl sites for hydroxylation is 1. The molecule has 5 heteroatoms. The molecule has 128 valence electrons. The monoisotopic (exact) mass is 319 g/mol. The summed E-state index contributed by atoms with van der Waals surface area (Å²) in [6, 6.07) is 6.01. The molecular formula is C18H29N3O2. The van der Waals surface area contributed by atoms with Gasteiger partial charge in [0.15, 0.2) is 0 Å². The van der Waals surface area contributed by atoms with Gasteiger partial charge in [-0.15, -0.1) is 0 Å². The number of hydrogen-bond donors (Lipinski definition) is 1. The van der Waals surface area contributed by atoms with Crippen LogP contribution in [0.2, 0.25) is 0 Å². The maximum atomic E-state index is 12.6. The quantitative estimate of drug-likeness (QED) is 0.795. The van der Waals surface area contributed by atoms with Gasteiger partial charge in [-0.3, -0.25) is 14.7 Å². The molecule has 1 saturated heterocycles. The zero-order chi connectivity index (χ0) is 16.5. The minimum absolute atomic E-state index is 0.181. The molecule has 1 fully saturated rings. The molecule has 1 amide bonds. The summed E-state index contributed by atoms with van der Waals surface area (Å²) in [7, 11) is 3.47. The number of nitrogens with one attached hydrogen (secondary N) is 1. The molecule has 0 bridgehead atoms. The van der Waals surface area contributed by atoms with Gasteiger partial charge in [-0.25, -0.2) is 0 Å². The van der Waals surface area contributed by atoms with Crippen molar-refractivity contribution >= 4 is 5.91 Å². The predicted octanol–water partition coefficient (Wildman–Crippen LogP) is 1.88. The molecule has 0 saturated carbocycles. The highest BCUT2D eigenvalue weighted by Crippen LogP contribution is 2.35. The maximum absolute atomic E-state index is 12.6. The number of pyridine rings is 1. The Balaban J connectivity index is 1.96. The highest BCUT2D eigenvalue weighted by Gasteiger charge is 2.40. The number of aromatic nitrogens is 1. The van der Waals surface area contributed by atoms with Crippen LogP contribution >= 0.6 is 0 Å². The molecule has 1 aliphatic rings. The Labute approximate surface area is 139 Å². The summed E-state index contributed by atoms with van der Waals surface area (Å²) in [4.78, 5) is 19.3. The molecule has 1 aromatic rings. The van der Waals surface area contributed by atoms with E-state index >= 15 is 0 Å². The second kappa shape index (κ2) is 8.99. The van der Waals surface area contributed by atoms with Gasteiger partial charge in [-0.05, 0) is 50.8 Å². The first-order valence-electron chi connectivity index (χ1n) is 8.53. The molecule has 2 heterocycles. The standard InChI is InChI=1S/C18H29N3O2/c1-19-17(22)18(9-5-8-16-7-3-4-11-20-16)10-6-12-21(15-18)13-14-23-2/h3-4,7,11H,5-6,8-10,12-15H2,1-2H3,(H,19,22). The second-order valence-electron chi connectivity index (χ2n) is 6.41. The zero-order valence-corrected chi connectivity index (χ0v) is 14.4. The highest BCUT2D eigenvalue weighted by atomic mass is 16.5. The zero-order valence-electron chi connectivity index (χ0n) is 14.4. The van der Waals surface area contributed by atoms with E-state index < -0.39 is 0 Å². The number of methoxy groups -OCH3 is 1. The average Bonchev–Trinajstić information content (AvgIpc) is 2.60. The summed E-state index contributed by atoms with van der Waals surface area (Å²) in [5, 5.41) is 2.89. The van der Waals surface area contributed by atoms with Crippen molar-refractivity contribution in [2.75, 3.05) is 40.4 Å². The van der Waals surface area contributed by atoms with E-state index in [1.165, 1.54) is 0 Å². The smallest absolute Gasteiger partial charge is 0.227 e. The van der Waals surface area contributed by atoms with Crippen molar-refractivity contribution < 1.29 is 9.53 Å². The second-order valence-corrected chi connectivity index (χ2v) is 6.41. The van der Waals surface area contributed by atoms with Crippen molar-refractivity contribution in [3.63, 3.8) is 0 Å². The molecule has 0 aliphatic carbocycles. The molecule has 1 N–H and O–H groups in total. The van der Waals surface area contributed by atoms with Crippen LogP contribution in [-0.2, 0) is 16.0 Å². The Bertz CT molecular complexity index is 480. The Hall–Kier alpha value is -1.46. The molecule has 1 unspecified atom stereocenters. The van der Waals surface area contributed by atoms with Gasteiger partial charge in [-0.2, -0.15) is 0 Å². The molecule has 5 nitrogen and oxygen atoms in total. The van der Waals surface area contributed by atoms with Gasteiger partial charge < -0.3 is 10.1 Å². The third-order valence-electron chi connectivity index (χ3n) is 4.79. The van der Waals surface area contributed by atoms with Crippen LogP contribution in [0.4, 0.5) is 0 Å². The third-order valence-corrected chi connectivity index (χ3v) is 4.79. The fourth-order valence-corrected chi connectivity index (χ4v) is 3.56. The first-order valence-corrected chi connectivity index (χ1v) is 8.53. The summed E-state index contributed by atoms with van der Waals surface area (Å²) >= 11 is 0. The van der Waals surface area contributed by atoms with Crippen LogP contribution in [0.1, 0.15) is 31.4 Å². The Morgan fingerprint density at radius 3 is 3.04 bits per heavy atom. The maximum Gasteiger partial charge on any atom is 0.227 e. The topological polar surface area (TPSA) is 54.5 Å². The number of amides is 1. The highest BCUT2D eigenvalue weighted by molar-refractivity contribution is 5.82. The SMILES string of the molecule is CNC(=O)C1(CCCc2ccccn2)CCCN(CCOC)C1. The molecule has 1 aromatic heterocycles. The van der Waals surface area contributed by atoms with Gasteiger partial charge in [0.1, 0.15) is 0 Å². The molecule has 0 radical (unpaired) electrons. The van der Waals surface area contributed by atoms with E-state index in [4.69, 9.17) is 4.74 Å². The third kappa shape index (κ3) is 5.01. The lowest BCUT2D eigenvalue weighted by Gasteiger charge is -2.41. The first kappa shape index (κ1) is 17.9. The summed E-state index contributed by atoms with van der Waals surface area (Å²) in [6.07, 6.45) is 6.70. The predicted molar refractivity (Wildman–Crippen MR) is 91.2 cm³/mol. The van der Waals surface area contributed by atoms with Crippen LogP contribution in [0.3, 0.4) is 0 Å². The number of carbonyl (C=O) groups excluding carboxylic acids is 1. The number of likely N-dealkylation sites (tertiary alicyclic amines) is 1. The number of carbonyl (C=O) groups is 1. The largest absolute Gasteiger partial charge is 0.383 e. The van der Waals surface area contributed by atoms with Crippen molar-refractivity contribution in [2.45, 2.75) is 32.1 Å². The lowest BCUT2D eigenvalue weighted by molar-refractivity contribution is -0.134. The van der Waals surface area contributed by atoms with Gasteiger partial charge in [0.05, 0.1) is 12.0 Å². The van der Waals surface area contributed by atoms with Crippen LogP contribution in [0.15, 0.2) is 24.4 Å². The van der Waals surface area contributed by atoms with E-state index in [0.717, 1.165) is 64.0 Å². The van der Waals surface area contributed by atoms with E-state index in [1.807, 2.05) is 18.3 Å². The molecule has 1 atom stereocenters. The Kier molecular flexibility index (Phi) is 6.99. The Morgan fingerprint density at radius 1 is 1.48 bits per heavy atom. The van der Waals surface area contributed by atoms with E-state index in [2.05, 4.69) is 21.3 Å². The van der Waals surface area contributed by atoms with Gasteiger partial charge in [0, 0.05) is 39.1 Å². The molecular weight excluding hydrogens is 290 g/mol.